The summed E-state index contributed by atoms with van der Waals surface area (Å²) in [5, 5.41) is 12.3. The van der Waals surface area contributed by atoms with Crippen LogP contribution in [0.15, 0.2) is 0 Å². The van der Waals surface area contributed by atoms with E-state index in [2.05, 4.69) is 33.1 Å². The number of nitriles is 1. The Labute approximate surface area is 153 Å². The predicted molar refractivity (Wildman–Crippen MR) is 100 cm³/mol. The molecule has 0 radical (unpaired) electrons. The van der Waals surface area contributed by atoms with Crippen LogP contribution >= 0.6 is 0 Å². The van der Waals surface area contributed by atoms with Gasteiger partial charge in [-0.15, -0.1) is 0 Å². The highest BCUT2D eigenvalue weighted by atomic mass is 16.2. The first-order chi connectivity index (χ1) is 11.7. The summed E-state index contributed by atoms with van der Waals surface area (Å²) in [6.45, 7) is 10.6. The highest BCUT2D eigenvalue weighted by Crippen LogP contribution is 2.23. The molecule has 2 fully saturated rings. The molecule has 2 unspecified atom stereocenters. The van der Waals surface area contributed by atoms with Gasteiger partial charge >= 0.3 is 0 Å². The monoisotopic (exact) mass is 349 g/mol. The molecule has 0 aliphatic carbocycles. The summed E-state index contributed by atoms with van der Waals surface area (Å²) in [5.41, 5.74) is -0.798. The lowest BCUT2D eigenvalue weighted by Crippen LogP contribution is -2.52. The molecule has 2 aliphatic rings. The van der Waals surface area contributed by atoms with E-state index in [0.717, 1.165) is 19.5 Å². The van der Waals surface area contributed by atoms with E-state index < -0.39 is 5.54 Å². The van der Waals surface area contributed by atoms with E-state index in [1.54, 1.807) is 6.92 Å². The number of nitrogens with zero attached hydrogens (tertiary/aromatic N) is 4. The number of carbonyl (C=O) groups is 1. The van der Waals surface area contributed by atoms with E-state index in [1.807, 2.05) is 20.9 Å². The number of rotatable bonds is 6. The van der Waals surface area contributed by atoms with E-state index in [-0.39, 0.29) is 11.8 Å². The Morgan fingerprint density at radius 3 is 2.52 bits per heavy atom. The molecule has 2 atom stereocenters. The first-order valence-electron chi connectivity index (χ1n) is 9.60. The minimum Gasteiger partial charge on any atom is -0.337 e. The summed E-state index contributed by atoms with van der Waals surface area (Å²) in [4.78, 5) is 19.6. The van der Waals surface area contributed by atoms with Gasteiger partial charge in [0, 0.05) is 25.2 Å². The lowest BCUT2D eigenvalue weighted by Gasteiger charge is -2.35. The van der Waals surface area contributed by atoms with Gasteiger partial charge in [-0.05, 0) is 59.3 Å². The lowest BCUT2D eigenvalue weighted by molar-refractivity contribution is -0.124. The molecular weight excluding hydrogens is 314 g/mol. The van der Waals surface area contributed by atoms with Gasteiger partial charge in [0.05, 0.1) is 12.6 Å². The largest absolute Gasteiger partial charge is 0.337 e. The van der Waals surface area contributed by atoms with Crippen LogP contribution in [-0.4, -0.2) is 85.0 Å². The summed E-state index contributed by atoms with van der Waals surface area (Å²) in [5.74, 6) is 0.0242. The van der Waals surface area contributed by atoms with Crippen molar-refractivity contribution >= 4 is 5.91 Å². The van der Waals surface area contributed by atoms with Crippen LogP contribution in [0.3, 0.4) is 0 Å². The second-order valence-electron chi connectivity index (χ2n) is 8.40. The van der Waals surface area contributed by atoms with Crippen molar-refractivity contribution in [3.8, 4) is 6.07 Å². The molecule has 142 valence electrons. The zero-order valence-corrected chi connectivity index (χ0v) is 16.6. The van der Waals surface area contributed by atoms with Crippen molar-refractivity contribution < 1.29 is 4.79 Å². The molecule has 0 aromatic rings. The smallest absolute Gasteiger partial charge is 0.235 e. The Morgan fingerprint density at radius 2 is 1.96 bits per heavy atom. The molecule has 0 aromatic heterocycles. The Morgan fingerprint density at radius 1 is 1.32 bits per heavy atom. The highest BCUT2D eigenvalue weighted by molar-refractivity contribution is 5.79. The SMILES string of the molecule is CC(C)C(C)(C#N)NC(=O)CN(C)C1CCN(C2CCN(C)CC2)C1. The first kappa shape index (κ1) is 20.2. The number of hydrogen-bond acceptors (Lipinski definition) is 5. The fraction of sp³-hybridized carbons (Fsp3) is 0.895. The number of nitrogens with one attached hydrogen (secondary N) is 1. The minimum absolute atomic E-state index is 0.0574. The summed E-state index contributed by atoms with van der Waals surface area (Å²) in [7, 11) is 4.23. The topological polar surface area (TPSA) is 62.6 Å². The van der Waals surface area contributed by atoms with Gasteiger partial charge in [0.25, 0.3) is 0 Å². The third-order valence-electron chi connectivity index (χ3n) is 6.20. The van der Waals surface area contributed by atoms with E-state index in [9.17, 15) is 10.1 Å². The molecule has 6 nitrogen and oxygen atoms in total. The van der Waals surface area contributed by atoms with Gasteiger partial charge in [-0.1, -0.05) is 13.8 Å². The Bertz CT molecular complexity index is 495. The quantitative estimate of drug-likeness (QED) is 0.779. The number of piperidine rings is 1. The Hall–Kier alpha value is -1.16. The summed E-state index contributed by atoms with van der Waals surface area (Å²) >= 11 is 0. The molecule has 2 aliphatic heterocycles. The zero-order chi connectivity index (χ0) is 18.6. The van der Waals surface area contributed by atoms with Crippen LogP contribution in [0.25, 0.3) is 0 Å². The van der Waals surface area contributed by atoms with Crippen molar-refractivity contribution in [1.29, 1.82) is 5.26 Å². The standard InChI is InChI=1S/C19H35N5O/c1-15(2)19(3,14-20)21-18(25)13-23(5)17-8-11-24(12-17)16-6-9-22(4)10-7-16/h15-17H,6-13H2,1-5H3,(H,21,25). The summed E-state index contributed by atoms with van der Waals surface area (Å²) in [6, 6.07) is 3.37. The fourth-order valence-corrected chi connectivity index (χ4v) is 3.81. The average Bonchev–Trinajstić information content (AvgIpc) is 3.05. The first-order valence-corrected chi connectivity index (χ1v) is 9.60. The van der Waals surface area contributed by atoms with Crippen LogP contribution in [0.2, 0.25) is 0 Å². The zero-order valence-electron chi connectivity index (χ0n) is 16.6. The Balaban J connectivity index is 1.81. The van der Waals surface area contributed by atoms with Crippen molar-refractivity contribution in [2.75, 3.05) is 46.8 Å². The molecule has 1 amide bonds. The molecule has 0 aromatic carbocycles. The van der Waals surface area contributed by atoms with Crippen LogP contribution < -0.4 is 5.32 Å². The molecular formula is C19H35N5O. The van der Waals surface area contributed by atoms with Gasteiger partial charge in [0.1, 0.15) is 5.54 Å². The van der Waals surface area contributed by atoms with Gasteiger partial charge in [-0.3, -0.25) is 14.6 Å². The van der Waals surface area contributed by atoms with Crippen molar-refractivity contribution in [2.24, 2.45) is 5.92 Å². The maximum absolute atomic E-state index is 12.4. The molecule has 0 bridgehead atoms. The van der Waals surface area contributed by atoms with Crippen LogP contribution in [-0.2, 0) is 4.79 Å². The third kappa shape index (κ3) is 5.16. The van der Waals surface area contributed by atoms with Crippen molar-refractivity contribution in [1.82, 2.24) is 20.0 Å². The number of amides is 1. The molecule has 2 saturated heterocycles. The second kappa shape index (κ2) is 8.48. The van der Waals surface area contributed by atoms with Gasteiger partial charge in [-0.25, -0.2) is 0 Å². The minimum atomic E-state index is -0.798. The molecule has 0 spiro atoms. The number of hydrogen-bond donors (Lipinski definition) is 1. The van der Waals surface area contributed by atoms with E-state index in [0.29, 0.717) is 18.6 Å². The maximum Gasteiger partial charge on any atom is 0.235 e. The Kier molecular flexibility index (Phi) is 6.84. The number of likely N-dealkylation sites (N-methyl/N-ethyl adjacent to an activating group) is 1. The third-order valence-corrected chi connectivity index (χ3v) is 6.20. The summed E-state index contributed by atoms with van der Waals surface area (Å²) in [6.07, 6.45) is 3.63. The van der Waals surface area contributed by atoms with Gasteiger partial charge in [0.2, 0.25) is 5.91 Å². The van der Waals surface area contributed by atoms with Crippen LogP contribution in [0, 0.1) is 17.2 Å². The van der Waals surface area contributed by atoms with E-state index in [4.69, 9.17) is 0 Å². The van der Waals surface area contributed by atoms with E-state index >= 15 is 0 Å². The molecule has 2 heterocycles. The van der Waals surface area contributed by atoms with Crippen molar-refractivity contribution in [2.45, 2.75) is 57.7 Å². The normalized spacial score (nSPS) is 25.9. The van der Waals surface area contributed by atoms with Crippen molar-refractivity contribution in [3.63, 3.8) is 0 Å². The van der Waals surface area contributed by atoms with E-state index in [1.165, 1.54) is 25.9 Å². The molecule has 1 N–H and O–H groups in total. The maximum atomic E-state index is 12.4. The van der Waals surface area contributed by atoms with Crippen LogP contribution in [0.1, 0.15) is 40.0 Å². The fourth-order valence-electron chi connectivity index (χ4n) is 3.81. The molecule has 25 heavy (non-hydrogen) atoms. The number of carbonyl (C=O) groups excluding carboxylic acids is 1. The number of likely N-dealkylation sites (tertiary alicyclic amines) is 2. The van der Waals surface area contributed by atoms with Crippen LogP contribution in [0.4, 0.5) is 0 Å². The lowest BCUT2D eigenvalue weighted by atomic mass is 9.90. The summed E-state index contributed by atoms with van der Waals surface area (Å²) < 4.78 is 0. The highest BCUT2D eigenvalue weighted by Gasteiger charge is 2.34. The molecule has 2 rings (SSSR count). The van der Waals surface area contributed by atoms with Gasteiger partial charge in [0.15, 0.2) is 0 Å². The van der Waals surface area contributed by atoms with Crippen molar-refractivity contribution in [3.05, 3.63) is 0 Å². The predicted octanol–water partition coefficient (Wildman–Crippen LogP) is 1.14. The van der Waals surface area contributed by atoms with Crippen LogP contribution in [0.5, 0.6) is 0 Å². The van der Waals surface area contributed by atoms with Gasteiger partial charge < -0.3 is 10.2 Å². The second-order valence-corrected chi connectivity index (χ2v) is 8.40. The average molecular weight is 350 g/mol. The van der Waals surface area contributed by atoms with Gasteiger partial charge in [-0.2, -0.15) is 5.26 Å². The molecule has 6 heteroatoms. The molecule has 0 saturated carbocycles.